The highest BCUT2D eigenvalue weighted by molar-refractivity contribution is 7.47. The monoisotopic (exact) mass is 1400 g/mol. The van der Waals surface area contributed by atoms with E-state index in [4.69, 9.17) is 37.0 Å². The zero-order chi connectivity index (χ0) is 70.4. The van der Waals surface area contributed by atoms with E-state index in [2.05, 4.69) is 76.3 Å². The Morgan fingerprint density at radius 3 is 0.792 bits per heavy atom. The van der Waals surface area contributed by atoms with Gasteiger partial charge in [-0.1, -0.05) is 295 Å². The smallest absolute Gasteiger partial charge is 0.462 e. The van der Waals surface area contributed by atoms with Gasteiger partial charge < -0.3 is 33.8 Å². The molecule has 562 valence electrons. The highest BCUT2D eigenvalue weighted by Gasteiger charge is 2.30. The molecule has 17 nitrogen and oxygen atoms in total. The molecule has 0 fully saturated rings. The van der Waals surface area contributed by atoms with Crippen LogP contribution in [0.1, 0.15) is 362 Å². The Morgan fingerprint density at radius 2 is 0.510 bits per heavy atom. The minimum atomic E-state index is -4.97. The van der Waals surface area contributed by atoms with E-state index >= 15 is 0 Å². The summed E-state index contributed by atoms with van der Waals surface area (Å²) < 4.78 is 68.5. The number of ether oxygens (including phenoxy) is 4. The van der Waals surface area contributed by atoms with Crippen molar-refractivity contribution < 1.29 is 80.2 Å². The molecular weight excluding hydrogens is 1260 g/mol. The summed E-state index contributed by atoms with van der Waals surface area (Å²) in [6.45, 7) is 4.86. The van der Waals surface area contributed by atoms with E-state index in [-0.39, 0.29) is 25.7 Å². The molecule has 3 N–H and O–H groups in total. The van der Waals surface area contributed by atoms with Gasteiger partial charge in [0.25, 0.3) is 0 Å². The van der Waals surface area contributed by atoms with Gasteiger partial charge in [-0.3, -0.25) is 37.3 Å². The van der Waals surface area contributed by atoms with E-state index in [1.807, 2.05) is 0 Å². The van der Waals surface area contributed by atoms with Crippen molar-refractivity contribution in [3.05, 3.63) is 48.6 Å². The van der Waals surface area contributed by atoms with Gasteiger partial charge in [-0.2, -0.15) is 0 Å². The SMILES string of the molecule is CCCCC/C=C\C/C=C\CCCCCCCC(=O)OCC(COP(=O)(O)OCC(O)COP(=O)(O)OCC(COC(=O)CCCCCCC/C=C\C/C=C\CCCCC)OC(=O)CCCCCCCCCCCCCCC)OC(=O)CCCCCCCCCCCCCCC. The highest BCUT2D eigenvalue weighted by atomic mass is 31.2. The van der Waals surface area contributed by atoms with Gasteiger partial charge in [0, 0.05) is 25.7 Å². The molecule has 0 aromatic heterocycles. The van der Waals surface area contributed by atoms with Crippen LogP contribution in [-0.4, -0.2) is 96.7 Å². The lowest BCUT2D eigenvalue weighted by atomic mass is 10.0. The number of unbranched alkanes of at least 4 members (excludes halogenated alkanes) is 40. The Hall–Kier alpha value is -2.98. The summed E-state index contributed by atoms with van der Waals surface area (Å²) in [5.41, 5.74) is 0. The summed E-state index contributed by atoms with van der Waals surface area (Å²) in [5.74, 6) is -2.17. The summed E-state index contributed by atoms with van der Waals surface area (Å²) in [5, 5.41) is 10.6. The van der Waals surface area contributed by atoms with Crippen LogP contribution < -0.4 is 0 Å². The van der Waals surface area contributed by atoms with E-state index < -0.39 is 97.5 Å². The third kappa shape index (κ3) is 69.5. The van der Waals surface area contributed by atoms with E-state index in [9.17, 15) is 43.2 Å². The number of phosphoric acid groups is 2. The first-order valence-corrected chi connectivity index (χ1v) is 41.9. The van der Waals surface area contributed by atoms with Crippen LogP contribution >= 0.6 is 15.6 Å². The topological polar surface area (TPSA) is 237 Å². The van der Waals surface area contributed by atoms with Gasteiger partial charge in [0.05, 0.1) is 26.4 Å². The first-order valence-electron chi connectivity index (χ1n) is 38.9. The molecule has 0 aromatic rings. The predicted molar refractivity (Wildman–Crippen MR) is 390 cm³/mol. The van der Waals surface area contributed by atoms with Crippen molar-refractivity contribution in [2.45, 2.75) is 380 Å². The van der Waals surface area contributed by atoms with Crippen LogP contribution in [0.25, 0.3) is 0 Å². The Morgan fingerprint density at radius 1 is 0.292 bits per heavy atom. The van der Waals surface area contributed by atoms with Crippen LogP contribution in [0.2, 0.25) is 0 Å². The van der Waals surface area contributed by atoms with Crippen LogP contribution in [0.15, 0.2) is 48.6 Å². The van der Waals surface area contributed by atoms with Gasteiger partial charge in [-0.05, 0) is 89.9 Å². The van der Waals surface area contributed by atoms with E-state index in [0.717, 1.165) is 141 Å². The van der Waals surface area contributed by atoms with E-state index in [0.29, 0.717) is 25.7 Å². The van der Waals surface area contributed by atoms with Crippen molar-refractivity contribution in [3.8, 4) is 0 Å². The number of rotatable bonds is 74. The molecule has 0 saturated carbocycles. The first-order chi connectivity index (χ1) is 46.7. The number of esters is 4. The van der Waals surface area contributed by atoms with Gasteiger partial charge in [-0.25, -0.2) is 9.13 Å². The molecule has 19 heteroatoms. The van der Waals surface area contributed by atoms with Crippen molar-refractivity contribution in [3.63, 3.8) is 0 Å². The molecule has 0 aliphatic heterocycles. The van der Waals surface area contributed by atoms with Crippen molar-refractivity contribution in [1.82, 2.24) is 0 Å². The Labute approximate surface area is 585 Å². The molecule has 0 heterocycles. The second-order valence-electron chi connectivity index (χ2n) is 26.3. The number of aliphatic hydroxyl groups excluding tert-OH is 1. The second kappa shape index (κ2) is 70.5. The maximum atomic E-state index is 13.1. The fraction of sp³-hybridized carbons (Fsp3) is 0.844. The zero-order valence-corrected chi connectivity index (χ0v) is 63.1. The van der Waals surface area contributed by atoms with Crippen LogP contribution in [0.5, 0.6) is 0 Å². The van der Waals surface area contributed by atoms with Crippen LogP contribution in [0.4, 0.5) is 0 Å². The first kappa shape index (κ1) is 93.0. The highest BCUT2D eigenvalue weighted by Crippen LogP contribution is 2.45. The standard InChI is InChI=1S/C77H142O17P2/c1-5-9-13-17-21-25-29-33-35-39-41-45-49-53-57-61-74(79)87-67-72(93-76(81)63-59-55-51-47-43-37-31-27-23-19-15-11-7-3)69-91-95(83,84)89-65-71(78)66-90-96(85,86)92-70-73(94-77(82)64-60-56-52-48-44-38-32-28-24-20-16-12-8-4)68-88-75(80)62-58-54-50-46-42-40-36-34-30-26-22-18-14-10-6-2/h21-22,25-26,33-36,71-73,78H,5-20,23-24,27-32,37-70H2,1-4H3,(H,83,84)(H,85,86)/b25-21-,26-22-,35-33-,36-34-. The molecule has 0 amide bonds. The lowest BCUT2D eigenvalue weighted by Gasteiger charge is -2.21. The van der Waals surface area contributed by atoms with Crippen molar-refractivity contribution in [2.24, 2.45) is 0 Å². The molecular formula is C77H142O17P2. The molecule has 0 rings (SSSR count). The summed E-state index contributed by atoms with van der Waals surface area (Å²) in [6, 6.07) is 0. The van der Waals surface area contributed by atoms with Crippen LogP contribution in [-0.2, 0) is 65.4 Å². The van der Waals surface area contributed by atoms with Crippen LogP contribution in [0.3, 0.4) is 0 Å². The minimum Gasteiger partial charge on any atom is -0.462 e. The van der Waals surface area contributed by atoms with Gasteiger partial charge in [0.2, 0.25) is 0 Å². The molecule has 4 atom stereocenters. The van der Waals surface area contributed by atoms with Crippen molar-refractivity contribution in [2.75, 3.05) is 39.6 Å². The van der Waals surface area contributed by atoms with Crippen LogP contribution in [0, 0.1) is 0 Å². The number of hydrogen-bond donors (Lipinski definition) is 3. The number of hydrogen-bond acceptors (Lipinski definition) is 15. The maximum Gasteiger partial charge on any atom is 0.472 e. The average molecular weight is 1400 g/mol. The third-order valence-electron chi connectivity index (χ3n) is 16.8. The van der Waals surface area contributed by atoms with E-state index in [1.165, 1.54) is 141 Å². The summed E-state index contributed by atoms with van der Waals surface area (Å²) in [6.07, 6.45) is 66.6. The van der Waals surface area contributed by atoms with Gasteiger partial charge in [0.1, 0.15) is 19.3 Å². The van der Waals surface area contributed by atoms with E-state index in [1.54, 1.807) is 0 Å². The third-order valence-corrected chi connectivity index (χ3v) is 18.7. The summed E-state index contributed by atoms with van der Waals surface area (Å²) in [7, 11) is -9.93. The number of carbonyl (C=O) groups excluding carboxylic acids is 4. The number of aliphatic hydroxyl groups is 1. The number of carbonyl (C=O) groups is 4. The van der Waals surface area contributed by atoms with Gasteiger partial charge in [-0.15, -0.1) is 0 Å². The molecule has 96 heavy (non-hydrogen) atoms. The molecule has 0 bridgehead atoms. The Kier molecular flexibility index (Phi) is 68.3. The molecule has 4 unspecified atom stereocenters. The van der Waals surface area contributed by atoms with Crippen molar-refractivity contribution in [1.29, 1.82) is 0 Å². The summed E-state index contributed by atoms with van der Waals surface area (Å²) >= 11 is 0. The summed E-state index contributed by atoms with van der Waals surface area (Å²) in [4.78, 5) is 72.8. The average Bonchev–Trinajstić information content (AvgIpc) is 1.14. The second-order valence-corrected chi connectivity index (χ2v) is 29.2. The maximum absolute atomic E-state index is 13.1. The van der Waals surface area contributed by atoms with Gasteiger partial charge >= 0.3 is 39.5 Å². The zero-order valence-electron chi connectivity index (χ0n) is 61.3. The lowest BCUT2D eigenvalue weighted by molar-refractivity contribution is -0.161. The molecule has 0 aliphatic rings. The molecule has 0 radical (unpaired) electrons. The predicted octanol–water partition coefficient (Wildman–Crippen LogP) is 22.1. The minimum absolute atomic E-state index is 0.0993. The Balaban J connectivity index is 5.32. The van der Waals surface area contributed by atoms with Crippen molar-refractivity contribution >= 4 is 39.5 Å². The molecule has 0 spiro atoms. The molecule has 0 aromatic carbocycles. The Bertz CT molecular complexity index is 1880. The molecule has 0 saturated heterocycles. The fourth-order valence-electron chi connectivity index (χ4n) is 10.8. The normalized spacial score (nSPS) is 14.2. The number of allylic oxidation sites excluding steroid dienone is 8. The quantitative estimate of drug-likeness (QED) is 0.0169. The van der Waals surface area contributed by atoms with Gasteiger partial charge in [0.15, 0.2) is 12.2 Å². The molecule has 0 aliphatic carbocycles. The largest absolute Gasteiger partial charge is 0.472 e. The lowest BCUT2D eigenvalue weighted by Crippen LogP contribution is -2.30. The fourth-order valence-corrected chi connectivity index (χ4v) is 12.4. The number of phosphoric ester groups is 2.